The summed E-state index contributed by atoms with van der Waals surface area (Å²) >= 11 is 0. The van der Waals surface area contributed by atoms with Gasteiger partial charge in [0.1, 0.15) is 5.76 Å². The number of nitrogens with zero attached hydrogens (tertiary/aromatic N) is 1. The second kappa shape index (κ2) is 5.99. The molecule has 0 aromatic carbocycles. The highest BCUT2D eigenvalue weighted by atomic mass is 16.3. The van der Waals surface area contributed by atoms with Crippen LogP contribution in [-0.4, -0.2) is 35.6 Å². The Hall–Kier alpha value is -1.37. The third kappa shape index (κ3) is 2.90. The first-order valence-corrected chi connectivity index (χ1v) is 6.15. The lowest BCUT2D eigenvalue weighted by molar-refractivity contribution is 0.0946. The predicted octanol–water partition coefficient (Wildman–Crippen LogP) is 0.0874. The van der Waals surface area contributed by atoms with Crippen LogP contribution in [0.4, 0.5) is 0 Å². The molecule has 4 N–H and O–H groups in total. The quantitative estimate of drug-likeness (QED) is 0.402. The molecule has 1 aliphatic rings. The summed E-state index contributed by atoms with van der Waals surface area (Å²) in [4.78, 5) is 13.7. The van der Waals surface area contributed by atoms with Crippen LogP contribution in [-0.2, 0) is 6.54 Å². The molecule has 0 unspecified atom stereocenters. The highest BCUT2D eigenvalue weighted by molar-refractivity contribution is 5.94. The van der Waals surface area contributed by atoms with E-state index in [0.717, 1.165) is 25.9 Å². The lowest BCUT2D eigenvalue weighted by Gasteiger charge is -2.30. The first kappa shape index (κ1) is 13.1. The normalized spacial score (nSPS) is 17.9. The smallest absolute Gasteiger partial charge is 0.268 e. The average Bonchev–Trinajstić information content (AvgIpc) is 2.87. The third-order valence-corrected chi connectivity index (χ3v) is 3.45. The van der Waals surface area contributed by atoms with Crippen LogP contribution in [0.5, 0.6) is 0 Å². The van der Waals surface area contributed by atoms with Crippen molar-refractivity contribution < 1.29 is 14.3 Å². The number of carbonyl (C=O) groups is 1. The number of nitrogens with one attached hydrogen (secondary N) is 1. The number of amides is 1. The molecule has 1 aromatic heterocycles. The minimum Gasteiger partial charge on any atom is -0.467 e. The van der Waals surface area contributed by atoms with Gasteiger partial charge in [0.2, 0.25) is 0 Å². The number of aliphatic hydroxyl groups excluding tert-OH is 1. The van der Waals surface area contributed by atoms with Crippen LogP contribution in [0, 0.1) is 5.92 Å². The van der Waals surface area contributed by atoms with Gasteiger partial charge in [-0.25, -0.2) is 5.84 Å². The number of furan rings is 1. The van der Waals surface area contributed by atoms with Crippen molar-refractivity contribution in [3.63, 3.8) is 0 Å². The number of likely N-dealkylation sites (tertiary alicyclic amines) is 1. The summed E-state index contributed by atoms with van der Waals surface area (Å²) in [5.74, 6) is 5.84. The largest absolute Gasteiger partial charge is 0.467 e. The van der Waals surface area contributed by atoms with E-state index in [1.807, 2.05) is 0 Å². The molecular formula is C12H19N3O3. The summed E-state index contributed by atoms with van der Waals surface area (Å²) in [5, 5.41) is 9.08. The zero-order valence-electron chi connectivity index (χ0n) is 10.3. The maximum Gasteiger partial charge on any atom is 0.268 e. The Morgan fingerprint density at radius 3 is 2.89 bits per heavy atom. The molecule has 2 heterocycles. The van der Waals surface area contributed by atoms with E-state index in [2.05, 4.69) is 10.3 Å². The number of hydrogen-bond acceptors (Lipinski definition) is 5. The van der Waals surface area contributed by atoms with Crippen molar-refractivity contribution in [2.45, 2.75) is 19.4 Å². The van der Waals surface area contributed by atoms with E-state index in [0.29, 0.717) is 23.8 Å². The number of aliphatic hydroxyl groups is 1. The summed E-state index contributed by atoms with van der Waals surface area (Å²) in [6, 6.07) is 1.62. The summed E-state index contributed by atoms with van der Waals surface area (Å²) < 4.78 is 5.34. The Morgan fingerprint density at radius 2 is 2.28 bits per heavy atom. The van der Waals surface area contributed by atoms with E-state index in [4.69, 9.17) is 15.4 Å². The first-order chi connectivity index (χ1) is 8.74. The molecule has 2 rings (SSSR count). The van der Waals surface area contributed by atoms with Crippen molar-refractivity contribution in [1.82, 2.24) is 10.3 Å². The molecule has 0 saturated carbocycles. The lowest BCUT2D eigenvalue weighted by atomic mass is 9.98. The van der Waals surface area contributed by atoms with Gasteiger partial charge in [0.25, 0.3) is 5.91 Å². The molecule has 0 radical (unpaired) electrons. The molecular weight excluding hydrogens is 234 g/mol. The Morgan fingerprint density at radius 1 is 1.56 bits per heavy atom. The molecule has 100 valence electrons. The highest BCUT2D eigenvalue weighted by Crippen LogP contribution is 2.20. The van der Waals surface area contributed by atoms with E-state index in [1.54, 1.807) is 6.07 Å². The van der Waals surface area contributed by atoms with Crippen LogP contribution in [0.25, 0.3) is 0 Å². The molecule has 1 aromatic rings. The highest BCUT2D eigenvalue weighted by Gasteiger charge is 2.21. The molecule has 1 fully saturated rings. The monoisotopic (exact) mass is 253 g/mol. The Balaban J connectivity index is 1.94. The summed E-state index contributed by atoms with van der Waals surface area (Å²) in [6.45, 7) is 2.69. The first-order valence-electron chi connectivity index (χ1n) is 6.15. The van der Waals surface area contributed by atoms with Crippen LogP contribution >= 0.6 is 0 Å². The molecule has 18 heavy (non-hydrogen) atoms. The van der Waals surface area contributed by atoms with Crippen molar-refractivity contribution in [1.29, 1.82) is 0 Å². The Kier molecular flexibility index (Phi) is 4.35. The van der Waals surface area contributed by atoms with Crippen LogP contribution in [0.3, 0.4) is 0 Å². The molecule has 0 atom stereocenters. The van der Waals surface area contributed by atoms with E-state index >= 15 is 0 Å². The van der Waals surface area contributed by atoms with Crippen LogP contribution in [0.2, 0.25) is 0 Å². The van der Waals surface area contributed by atoms with Crippen LogP contribution in [0.1, 0.15) is 29.0 Å². The Labute approximate surface area is 106 Å². The zero-order valence-corrected chi connectivity index (χ0v) is 10.3. The van der Waals surface area contributed by atoms with Gasteiger partial charge in [-0.05, 0) is 37.9 Å². The van der Waals surface area contributed by atoms with Crippen LogP contribution in [0.15, 0.2) is 16.7 Å². The van der Waals surface area contributed by atoms with Gasteiger partial charge >= 0.3 is 0 Å². The predicted molar refractivity (Wildman–Crippen MR) is 65.4 cm³/mol. The van der Waals surface area contributed by atoms with Crippen molar-refractivity contribution >= 4 is 5.91 Å². The van der Waals surface area contributed by atoms with Crippen molar-refractivity contribution in [2.75, 3.05) is 19.7 Å². The van der Waals surface area contributed by atoms with Gasteiger partial charge in [-0.3, -0.25) is 15.1 Å². The number of nitrogen functional groups attached to an aromatic ring is 1. The zero-order chi connectivity index (χ0) is 13.0. The molecule has 1 amide bonds. The summed E-state index contributed by atoms with van der Waals surface area (Å²) in [5.41, 5.74) is 2.60. The number of carbonyl (C=O) groups excluding carboxylic acids is 1. The topological polar surface area (TPSA) is 91.7 Å². The SMILES string of the molecule is NNC(=O)c1ccoc1CN1CCC(CO)CC1. The van der Waals surface area contributed by atoms with Gasteiger partial charge in [0.05, 0.1) is 18.4 Å². The second-order valence-corrected chi connectivity index (χ2v) is 4.63. The fourth-order valence-electron chi connectivity index (χ4n) is 2.27. The van der Waals surface area contributed by atoms with E-state index in [1.165, 1.54) is 6.26 Å². The maximum absolute atomic E-state index is 11.5. The number of hydrogen-bond donors (Lipinski definition) is 3. The average molecular weight is 253 g/mol. The molecule has 0 spiro atoms. The fraction of sp³-hybridized carbons (Fsp3) is 0.583. The van der Waals surface area contributed by atoms with Gasteiger partial charge in [0.15, 0.2) is 0 Å². The fourth-order valence-corrected chi connectivity index (χ4v) is 2.27. The molecule has 0 aliphatic carbocycles. The van der Waals surface area contributed by atoms with Gasteiger partial charge in [-0.2, -0.15) is 0 Å². The standard InChI is InChI=1S/C12H19N3O3/c13-14-12(17)10-3-6-18-11(10)7-15-4-1-9(8-16)2-5-15/h3,6,9,16H,1-2,4-5,7-8,13H2,(H,14,17). The van der Waals surface area contributed by atoms with Gasteiger partial charge in [-0.1, -0.05) is 0 Å². The minimum absolute atomic E-state index is 0.259. The number of hydrazine groups is 1. The van der Waals surface area contributed by atoms with Gasteiger partial charge < -0.3 is 9.52 Å². The summed E-state index contributed by atoms with van der Waals surface area (Å²) in [6.07, 6.45) is 3.46. The molecule has 1 saturated heterocycles. The number of rotatable bonds is 4. The molecule has 1 aliphatic heterocycles. The van der Waals surface area contributed by atoms with E-state index in [9.17, 15) is 4.79 Å². The van der Waals surface area contributed by atoms with Crippen molar-refractivity contribution in [3.8, 4) is 0 Å². The second-order valence-electron chi connectivity index (χ2n) is 4.63. The van der Waals surface area contributed by atoms with Crippen molar-refractivity contribution in [3.05, 3.63) is 23.7 Å². The number of piperidine rings is 1. The van der Waals surface area contributed by atoms with E-state index in [-0.39, 0.29) is 12.5 Å². The van der Waals surface area contributed by atoms with Crippen LogP contribution < -0.4 is 11.3 Å². The van der Waals surface area contributed by atoms with Crippen molar-refractivity contribution in [2.24, 2.45) is 11.8 Å². The van der Waals surface area contributed by atoms with Gasteiger partial charge in [-0.15, -0.1) is 0 Å². The summed E-state index contributed by atoms with van der Waals surface area (Å²) in [7, 11) is 0. The maximum atomic E-state index is 11.5. The number of nitrogens with two attached hydrogens (primary N) is 1. The van der Waals surface area contributed by atoms with E-state index < -0.39 is 0 Å². The molecule has 0 bridgehead atoms. The third-order valence-electron chi connectivity index (χ3n) is 3.45. The van der Waals surface area contributed by atoms with Gasteiger partial charge in [0, 0.05) is 6.61 Å². The molecule has 6 heteroatoms. The Bertz CT molecular complexity index is 397. The molecule has 6 nitrogen and oxygen atoms in total. The minimum atomic E-state index is -0.330. The lowest BCUT2D eigenvalue weighted by Crippen LogP contribution is -2.35.